The molecule has 0 bridgehead atoms. The van der Waals surface area contributed by atoms with Gasteiger partial charge in [-0.05, 0) is 54.1 Å². The van der Waals surface area contributed by atoms with Crippen LogP contribution < -0.4 is 9.64 Å². The van der Waals surface area contributed by atoms with Crippen molar-refractivity contribution in [2.24, 2.45) is 0 Å². The smallest absolute Gasteiger partial charge is 0.337 e. The molecule has 7 nitrogen and oxygen atoms in total. The van der Waals surface area contributed by atoms with Crippen molar-refractivity contribution in [2.75, 3.05) is 26.2 Å². The molecule has 0 atom stereocenters. The monoisotopic (exact) mass is 428 g/mol. The normalized spacial score (nSPS) is 10.6. The van der Waals surface area contributed by atoms with E-state index in [0.717, 1.165) is 22.7 Å². The number of ether oxygens (including phenoxy) is 2. The first-order valence-corrected chi connectivity index (χ1v) is 10.1. The summed E-state index contributed by atoms with van der Waals surface area (Å²) in [5, 5.41) is 0. The minimum atomic E-state index is -0.400. The number of carbonyl (C=O) groups is 1. The highest BCUT2D eigenvalue weighted by Gasteiger charge is 2.12. The Kier molecular flexibility index (Phi) is 6.17. The summed E-state index contributed by atoms with van der Waals surface area (Å²) in [6.07, 6.45) is 5.22. The number of hydrogen-bond donors (Lipinski definition) is 0. The molecule has 4 rings (SSSR count). The summed E-state index contributed by atoms with van der Waals surface area (Å²) in [5.74, 6) is 1.12. The van der Waals surface area contributed by atoms with Crippen LogP contribution >= 0.6 is 0 Å². The average molecular weight is 428 g/mol. The Morgan fingerprint density at radius 3 is 2.28 bits per heavy atom. The predicted molar refractivity (Wildman–Crippen MR) is 123 cm³/mol. The molecule has 0 spiro atoms. The van der Waals surface area contributed by atoms with Crippen molar-refractivity contribution in [1.29, 1.82) is 0 Å². The molecule has 0 aliphatic rings. The van der Waals surface area contributed by atoms with Crippen molar-refractivity contribution in [1.82, 2.24) is 14.5 Å². The van der Waals surface area contributed by atoms with Crippen LogP contribution in [0.15, 0.2) is 79.3 Å². The lowest BCUT2D eigenvalue weighted by Crippen LogP contribution is -2.09. The van der Waals surface area contributed by atoms with Crippen LogP contribution in [0, 0.1) is 0 Å². The summed E-state index contributed by atoms with van der Waals surface area (Å²) < 4.78 is 12.0. The zero-order valence-corrected chi connectivity index (χ0v) is 18.2. The molecule has 0 N–H and O–H groups in total. The van der Waals surface area contributed by atoms with Crippen LogP contribution in [0.25, 0.3) is 11.5 Å². The van der Waals surface area contributed by atoms with E-state index in [0.29, 0.717) is 23.6 Å². The van der Waals surface area contributed by atoms with Crippen LogP contribution in [0.3, 0.4) is 0 Å². The maximum absolute atomic E-state index is 11.8. The van der Waals surface area contributed by atoms with Gasteiger partial charge in [0, 0.05) is 43.6 Å². The van der Waals surface area contributed by atoms with Crippen molar-refractivity contribution in [3.63, 3.8) is 0 Å². The lowest BCUT2D eigenvalue weighted by atomic mass is 10.1. The number of carbonyl (C=O) groups excluding carboxylic acids is 1. The van der Waals surface area contributed by atoms with Crippen LogP contribution in [0.1, 0.15) is 15.9 Å². The maximum atomic E-state index is 11.8. The molecule has 0 fully saturated rings. The van der Waals surface area contributed by atoms with E-state index in [-0.39, 0.29) is 0 Å². The van der Waals surface area contributed by atoms with E-state index < -0.39 is 5.97 Å². The van der Waals surface area contributed by atoms with Crippen LogP contribution in [0.2, 0.25) is 0 Å². The number of benzene rings is 2. The van der Waals surface area contributed by atoms with Gasteiger partial charge in [0.15, 0.2) is 5.82 Å². The van der Waals surface area contributed by atoms with E-state index in [2.05, 4.69) is 39.1 Å². The van der Waals surface area contributed by atoms with Gasteiger partial charge in [-0.25, -0.2) is 9.78 Å². The van der Waals surface area contributed by atoms with Gasteiger partial charge in [0.25, 0.3) is 0 Å². The summed E-state index contributed by atoms with van der Waals surface area (Å²) in [5.41, 5.74) is 4.34. The zero-order valence-electron chi connectivity index (χ0n) is 18.2. The highest BCUT2D eigenvalue weighted by atomic mass is 16.5. The Morgan fingerprint density at radius 1 is 0.938 bits per heavy atom. The van der Waals surface area contributed by atoms with E-state index in [4.69, 9.17) is 9.47 Å². The Morgan fingerprint density at radius 2 is 1.62 bits per heavy atom. The van der Waals surface area contributed by atoms with E-state index in [1.807, 2.05) is 42.1 Å². The first-order valence-electron chi connectivity index (χ1n) is 10.1. The quantitative estimate of drug-likeness (QED) is 0.402. The Bertz CT molecular complexity index is 1200. The van der Waals surface area contributed by atoms with Crippen LogP contribution in [0.4, 0.5) is 11.4 Å². The van der Waals surface area contributed by atoms with E-state index in [1.165, 1.54) is 7.11 Å². The number of methoxy groups -OCH3 is 2. The summed E-state index contributed by atoms with van der Waals surface area (Å²) >= 11 is 0. The standard InChI is InChI=1S/C25H24N4O3/c1-28(21-8-10-22(31-2)11-9-21)20-6-4-18(5-7-20)17-29-15-14-27-24(29)23-16-19(12-13-26-23)25(30)32-3/h4-16H,17H2,1-3H3. The minimum absolute atomic E-state index is 0.400. The highest BCUT2D eigenvalue weighted by Crippen LogP contribution is 2.26. The number of imidazole rings is 1. The Hall–Kier alpha value is -4.13. The minimum Gasteiger partial charge on any atom is -0.497 e. The largest absolute Gasteiger partial charge is 0.497 e. The van der Waals surface area contributed by atoms with E-state index in [1.54, 1.807) is 31.6 Å². The fraction of sp³-hybridized carbons (Fsp3) is 0.160. The second-order valence-corrected chi connectivity index (χ2v) is 7.22. The van der Waals surface area contributed by atoms with Gasteiger partial charge in [0.2, 0.25) is 0 Å². The molecule has 2 aromatic carbocycles. The van der Waals surface area contributed by atoms with Crippen molar-refractivity contribution >= 4 is 17.3 Å². The molecule has 0 radical (unpaired) electrons. The topological polar surface area (TPSA) is 69.5 Å². The molecule has 2 aromatic heterocycles. The van der Waals surface area contributed by atoms with Crippen molar-refractivity contribution in [3.8, 4) is 17.3 Å². The number of pyridine rings is 1. The first kappa shape index (κ1) is 21.1. The highest BCUT2D eigenvalue weighted by molar-refractivity contribution is 5.90. The second-order valence-electron chi connectivity index (χ2n) is 7.22. The molecule has 0 unspecified atom stereocenters. The second kappa shape index (κ2) is 9.34. The lowest BCUT2D eigenvalue weighted by Gasteiger charge is -2.20. The molecule has 4 aromatic rings. The number of anilines is 2. The third-order valence-electron chi connectivity index (χ3n) is 5.26. The Labute approximate surface area is 186 Å². The number of hydrogen-bond acceptors (Lipinski definition) is 6. The summed E-state index contributed by atoms with van der Waals surface area (Å²) in [6.45, 7) is 0.631. The SMILES string of the molecule is COC(=O)c1ccnc(-c2nccn2Cc2ccc(N(C)c3ccc(OC)cc3)cc2)c1. The molecule has 7 heteroatoms. The van der Waals surface area contributed by atoms with Crippen LogP contribution in [-0.4, -0.2) is 41.8 Å². The fourth-order valence-corrected chi connectivity index (χ4v) is 3.44. The van der Waals surface area contributed by atoms with Crippen LogP contribution in [0.5, 0.6) is 5.75 Å². The first-order chi connectivity index (χ1) is 15.6. The predicted octanol–water partition coefficient (Wildman–Crippen LogP) is 4.56. The molecule has 2 heterocycles. The summed E-state index contributed by atoms with van der Waals surface area (Å²) in [7, 11) is 5.05. The molecule has 0 aliphatic carbocycles. The summed E-state index contributed by atoms with van der Waals surface area (Å²) in [6, 6.07) is 19.6. The van der Waals surface area contributed by atoms with Gasteiger partial charge in [-0.15, -0.1) is 0 Å². The van der Waals surface area contributed by atoms with Gasteiger partial charge in [0.1, 0.15) is 11.4 Å². The number of esters is 1. The number of aromatic nitrogens is 3. The van der Waals surface area contributed by atoms with Gasteiger partial charge in [-0.1, -0.05) is 12.1 Å². The molecule has 0 saturated carbocycles. The van der Waals surface area contributed by atoms with Gasteiger partial charge in [-0.3, -0.25) is 4.98 Å². The van der Waals surface area contributed by atoms with E-state index in [9.17, 15) is 4.79 Å². The van der Waals surface area contributed by atoms with Crippen molar-refractivity contribution in [3.05, 3.63) is 90.4 Å². The van der Waals surface area contributed by atoms with Crippen LogP contribution in [-0.2, 0) is 11.3 Å². The van der Waals surface area contributed by atoms with Gasteiger partial charge in [-0.2, -0.15) is 0 Å². The molecule has 162 valence electrons. The third kappa shape index (κ3) is 4.46. The molecular formula is C25H24N4O3. The molecule has 0 aliphatic heterocycles. The fourth-order valence-electron chi connectivity index (χ4n) is 3.44. The number of rotatable bonds is 7. The van der Waals surface area contributed by atoms with Crippen molar-refractivity contribution < 1.29 is 14.3 Å². The van der Waals surface area contributed by atoms with Gasteiger partial charge in [0.05, 0.1) is 19.8 Å². The average Bonchev–Trinajstić information content (AvgIpc) is 3.32. The van der Waals surface area contributed by atoms with Crippen molar-refractivity contribution in [2.45, 2.75) is 6.54 Å². The lowest BCUT2D eigenvalue weighted by molar-refractivity contribution is 0.0600. The molecular weight excluding hydrogens is 404 g/mol. The molecule has 32 heavy (non-hydrogen) atoms. The van der Waals surface area contributed by atoms with E-state index >= 15 is 0 Å². The maximum Gasteiger partial charge on any atom is 0.337 e. The third-order valence-corrected chi connectivity index (χ3v) is 5.26. The van der Waals surface area contributed by atoms with Gasteiger partial charge >= 0.3 is 5.97 Å². The zero-order chi connectivity index (χ0) is 22.5. The molecule has 0 saturated heterocycles. The van der Waals surface area contributed by atoms with Gasteiger partial charge < -0.3 is 18.9 Å². The molecule has 0 amide bonds. The number of nitrogens with zero attached hydrogens (tertiary/aromatic N) is 4. The summed E-state index contributed by atoms with van der Waals surface area (Å²) in [4.78, 5) is 22.8. The Balaban J connectivity index is 1.51.